The van der Waals surface area contributed by atoms with Crippen LogP contribution in [0.5, 0.6) is 0 Å². The van der Waals surface area contributed by atoms with Gasteiger partial charge in [0.1, 0.15) is 5.82 Å². The van der Waals surface area contributed by atoms with Gasteiger partial charge in [0.25, 0.3) is 0 Å². The second-order valence-electron chi connectivity index (χ2n) is 2.85. The van der Waals surface area contributed by atoms with Crippen molar-refractivity contribution < 1.29 is 9.50 Å². The van der Waals surface area contributed by atoms with Crippen LogP contribution in [-0.4, -0.2) is 21.8 Å². The largest absolute Gasteiger partial charge is 0.387 e. The summed E-state index contributed by atoms with van der Waals surface area (Å²) >= 11 is 2.09. The molecule has 0 fully saturated rings. The van der Waals surface area contributed by atoms with Crippen LogP contribution < -0.4 is 0 Å². The number of aliphatic hydroxyl groups excluding tert-OH is 1. The highest BCUT2D eigenvalue weighted by molar-refractivity contribution is 14.1. The van der Waals surface area contributed by atoms with Crippen molar-refractivity contribution in [2.75, 3.05) is 13.6 Å². The van der Waals surface area contributed by atoms with Crippen molar-refractivity contribution >= 4 is 22.9 Å². The lowest BCUT2D eigenvalue weighted by molar-refractivity contribution is 0.162. The third-order valence-corrected chi connectivity index (χ3v) is 2.07. The second kappa shape index (κ2) is 4.88. The molecule has 1 N–H and O–H groups in total. The molecule has 0 saturated carbocycles. The first-order chi connectivity index (χ1) is 6.09. The van der Waals surface area contributed by atoms with E-state index in [-0.39, 0.29) is 5.82 Å². The van der Waals surface area contributed by atoms with E-state index in [1.54, 1.807) is 12.1 Å². The van der Waals surface area contributed by atoms with Gasteiger partial charge in [-0.2, -0.15) is 0 Å². The fraction of sp³-hybridized carbons (Fsp3) is 0.333. The normalized spacial score (nSPS) is 13.3. The van der Waals surface area contributed by atoms with Gasteiger partial charge in [-0.15, -0.1) is 0 Å². The zero-order valence-electron chi connectivity index (χ0n) is 7.24. The van der Waals surface area contributed by atoms with Gasteiger partial charge in [-0.1, -0.05) is 12.1 Å². The SMILES string of the molecule is CN(I)CC(O)c1ccc(F)cc1. The molecule has 0 aliphatic rings. The van der Waals surface area contributed by atoms with Gasteiger partial charge in [0, 0.05) is 29.4 Å². The summed E-state index contributed by atoms with van der Waals surface area (Å²) < 4.78 is 14.4. The third-order valence-electron chi connectivity index (χ3n) is 1.68. The highest BCUT2D eigenvalue weighted by atomic mass is 127. The summed E-state index contributed by atoms with van der Waals surface area (Å²) in [6, 6.07) is 5.90. The lowest BCUT2D eigenvalue weighted by Crippen LogP contribution is -2.14. The Morgan fingerprint density at radius 1 is 1.46 bits per heavy atom. The Morgan fingerprint density at radius 2 is 2.00 bits per heavy atom. The molecule has 0 radical (unpaired) electrons. The van der Waals surface area contributed by atoms with Gasteiger partial charge in [0.05, 0.1) is 6.10 Å². The summed E-state index contributed by atoms with van der Waals surface area (Å²) in [6.45, 7) is 0.534. The number of nitrogens with zero attached hydrogens (tertiary/aromatic N) is 1. The topological polar surface area (TPSA) is 23.5 Å². The third kappa shape index (κ3) is 3.58. The summed E-state index contributed by atoms with van der Waals surface area (Å²) in [4.78, 5) is 0. The van der Waals surface area contributed by atoms with E-state index in [0.717, 1.165) is 5.56 Å². The Kier molecular flexibility index (Phi) is 4.08. The van der Waals surface area contributed by atoms with Gasteiger partial charge in [0.2, 0.25) is 0 Å². The summed E-state index contributed by atoms with van der Waals surface area (Å²) in [5, 5.41) is 9.61. The van der Waals surface area contributed by atoms with Gasteiger partial charge >= 0.3 is 0 Å². The van der Waals surface area contributed by atoms with Crippen molar-refractivity contribution in [1.82, 2.24) is 3.11 Å². The minimum atomic E-state index is -0.553. The van der Waals surface area contributed by atoms with E-state index in [1.165, 1.54) is 12.1 Å². The molecule has 1 aromatic carbocycles. The van der Waals surface area contributed by atoms with Gasteiger partial charge in [-0.25, -0.2) is 7.50 Å². The monoisotopic (exact) mass is 295 g/mol. The maximum Gasteiger partial charge on any atom is 0.123 e. The summed E-state index contributed by atoms with van der Waals surface area (Å²) in [5.74, 6) is -0.279. The van der Waals surface area contributed by atoms with Crippen LogP contribution in [0.25, 0.3) is 0 Å². The second-order valence-corrected chi connectivity index (χ2v) is 4.50. The average molecular weight is 295 g/mol. The quantitative estimate of drug-likeness (QED) is 0.682. The number of benzene rings is 1. The Balaban J connectivity index is 2.66. The van der Waals surface area contributed by atoms with Crippen LogP contribution in [0, 0.1) is 5.82 Å². The van der Waals surface area contributed by atoms with Crippen LogP contribution in [-0.2, 0) is 0 Å². The molecule has 13 heavy (non-hydrogen) atoms. The zero-order chi connectivity index (χ0) is 9.84. The molecule has 0 heterocycles. The molecule has 0 spiro atoms. The lowest BCUT2D eigenvalue weighted by atomic mass is 10.1. The van der Waals surface area contributed by atoms with E-state index < -0.39 is 6.10 Å². The number of aliphatic hydroxyl groups is 1. The van der Waals surface area contributed by atoms with Crippen LogP contribution in [0.4, 0.5) is 4.39 Å². The van der Waals surface area contributed by atoms with E-state index in [4.69, 9.17) is 0 Å². The molecule has 0 saturated heterocycles. The Bertz CT molecular complexity index is 263. The van der Waals surface area contributed by atoms with Crippen LogP contribution >= 0.6 is 22.9 Å². The predicted molar refractivity (Wildman–Crippen MR) is 58.0 cm³/mol. The molecule has 0 bridgehead atoms. The number of hydrogen-bond acceptors (Lipinski definition) is 2. The number of halogens is 2. The maximum absolute atomic E-state index is 12.5. The van der Waals surface area contributed by atoms with Crippen molar-refractivity contribution in [3.05, 3.63) is 35.6 Å². The minimum Gasteiger partial charge on any atom is -0.387 e. The summed E-state index contributed by atoms with van der Waals surface area (Å²) in [5.41, 5.74) is 0.741. The minimum absolute atomic E-state index is 0.279. The van der Waals surface area contributed by atoms with Crippen molar-refractivity contribution in [3.8, 4) is 0 Å². The van der Waals surface area contributed by atoms with Crippen molar-refractivity contribution in [3.63, 3.8) is 0 Å². The fourth-order valence-corrected chi connectivity index (χ4v) is 1.40. The van der Waals surface area contributed by atoms with Crippen LogP contribution in [0.3, 0.4) is 0 Å². The molecule has 0 aliphatic carbocycles. The molecule has 1 unspecified atom stereocenters. The molecule has 4 heteroatoms. The molecular formula is C9H11FINO. The number of rotatable bonds is 3. The molecule has 0 aromatic heterocycles. The molecule has 1 aromatic rings. The van der Waals surface area contributed by atoms with Crippen LogP contribution in [0.15, 0.2) is 24.3 Å². The smallest absolute Gasteiger partial charge is 0.123 e. The van der Waals surface area contributed by atoms with Gasteiger partial charge in [0.15, 0.2) is 0 Å². The number of hydrogen-bond donors (Lipinski definition) is 1. The van der Waals surface area contributed by atoms with Gasteiger partial charge in [-0.3, -0.25) is 0 Å². The molecular weight excluding hydrogens is 284 g/mol. The van der Waals surface area contributed by atoms with Crippen molar-refractivity contribution in [1.29, 1.82) is 0 Å². The van der Waals surface area contributed by atoms with E-state index in [2.05, 4.69) is 22.9 Å². The number of likely N-dealkylation sites (N-methyl/N-ethyl adjacent to an activating group) is 1. The molecule has 0 aliphatic heterocycles. The Morgan fingerprint density at radius 3 is 2.46 bits per heavy atom. The molecule has 72 valence electrons. The first-order valence-electron chi connectivity index (χ1n) is 3.90. The van der Waals surface area contributed by atoms with Crippen molar-refractivity contribution in [2.45, 2.75) is 6.10 Å². The standard InChI is InChI=1S/C9H11FINO/c1-12(11)6-9(13)7-2-4-8(10)5-3-7/h2-5,9,13H,6H2,1H3. The zero-order valence-corrected chi connectivity index (χ0v) is 9.40. The molecule has 1 atom stereocenters. The first-order valence-corrected chi connectivity index (χ1v) is 4.86. The fourth-order valence-electron chi connectivity index (χ4n) is 1.03. The highest BCUT2D eigenvalue weighted by Crippen LogP contribution is 2.15. The highest BCUT2D eigenvalue weighted by Gasteiger charge is 2.08. The van der Waals surface area contributed by atoms with Crippen LogP contribution in [0.1, 0.15) is 11.7 Å². The van der Waals surface area contributed by atoms with Crippen LogP contribution in [0.2, 0.25) is 0 Å². The van der Waals surface area contributed by atoms with Gasteiger partial charge in [-0.05, 0) is 24.7 Å². The van der Waals surface area contributed by atoms with E-state index in [1.807, 2.05) is 10.2 Å². The Labute approximate surface area is 90.9 Å². The summed E-state index contributed by atoms with van der Waals surface area (Å²) in [6.07, 6.45) is -0.553. The van der Waals surface area contributed by atoms with E-state index >= 15 is 0 Å². The predicted octanol–water partition coefficient (Wildman–Crippen LogP) is 2.14. The Hall–Kier alpha value is -0.200. The maximum atomic E-state index is 12.5. The molecule has 1 rings (SSSR count). The summed E-state index contributed by atoms with van der Waals surface area (Å²) in [7, 11) is 1.87. The lowest BCUT2D eigenvalue weighted by Gasteiger charge is -2.14. The first kappa shape index (κ1) is 10.9. The average Bonchev–Trinajstić information content (AvgIpc) is 2.04. The van der Waals surface area contributed by atoms with Crippen molar-refractivity contribution in [2.24, 2.45) is 0 Å². The van der Waals surface area contributed by atoms with Gasteiger partial charge < -0.3 is 5.11 Å². The molecule has 2 nitrogen and oxygen atoms in total. The molecule has 0 amide bonds. The van der Waals surface area contributed by atoms with E-state index in [0.29, 0.717) is 6.54 Å². The van der Waals surface area contributed by atoms with E-state index in [9.17, 15) is 9.50 Å².